The molecule has 0 aromatic heterocycles. The van der Waals surface area contributed by atoms with Crippen LogP contribution in [0.2, 0.25) is 0 Å². The summed E-state index contributed by atoms with van der Waals surface area (Å²) in [5.41, 5.74) is 0.148. The van der Waals surface area contributed by atoms with Crippen molar-refractivity contribution in [3.8, 4) is 0 Å². The minimum Gasteiger partial charge on any atom is -0.452 e. The van der Waals surface area contributed by atoms with Crippen LogP contribution in [-0.2, 0) is 24.4 Å². The molecular weight excluding hydrogens is 348 g/mol. The predicted molar refractivity (Wildman–Crippen MR) is 91.2 cm³/mol. The Morgan fingerprint density at radius 1 is 1.16 bits per heavy atom. The fraction of sp³-hybridized carbons (Fsp3) is 0.500. The smallest absolute Gasteiger partial charge is 0.338 e. The molecule has 1 amide bonds. The molecule has 0 bridgehead atoms. The summed E-state index contributed by atoms with van der Waals surface area (Å²) in [7, 11) is -1.29. The maximum absolute atomic E-state index is 12.1. The first-order valence-electron chi connectivity index (χ1n) is 7.85. The van der Waals surface area contributed by atoms with Crippen LogP contribution in [0.15, 0.2) is 29.2 Å². The minimum atomic E-state index is -3.78. The summed E-state index contributed by atoms with van der Waals surface area (Å²) in [6.07, 6.45) is 1.59. The van der Waals surface area contributed by atoms with E-state index in [1.807, 2.05) is 13.8 Å². The van der Waals surface area contributed by atoms with E-state index in [1.165, 1.54) is 38.4 Å². The van der Waals surface area contributed by atoms with Gasteiger partial charge >= 0.3 is 5.97 Å². The largest absolute Gasteiger partial charge is 0.452 e. The monoisotopic (exact) mass is 372 g/mol. The number of nitrogens with one attached hydrogen (secondary N) is 1. The number of benzene rings is 1. The number of sulfonamides is 1. The fourth-order valence-electron chi connectivity index (χ4n) is 1.99. The Balaban J connectivity index is 2.67. The SMILES string of the molecule is CCC(CC)NC(=O)COC(=O)c1ccc(S(=O)(=O)N(C)OC)cc1. The van der Waals surface area contributed by atoms with Gasteiger partial charge < -0.3 is 10.1 Å². The van der Waals surface area contributed by atoms with E-state index < -0.39 is 16.0 Å². The van der Waals surface area contributed by atoms with Gasteiger partial charge in [-0.3, -0.25) is 9.63 Å². The number of carbonyl (C=O) groups excluding carboxylic acids is 2. The standard InChI is InChI=1S/C16H24N2O6S/c1-5-13(6-2)17-15(19)11-24-16(20)12-7-9-14(10-8-12)25(21,22)18(3)23-4/h7-10,13H,5-6,11H2,1-4H3,(H,17,19). The molecule has 25 heavy (non-hydrogen) atoms. The van der Waals surface area contributed by atoms with Gasteiger partial charge in [0.25, 0.3) is 15.9 Å². The van der Waals surface area contributed by atoms with Gasteiger partial charge in [-0.15, -0.1) is 0 Å². The zero-order valence-electron chi connectivity index (χ0n) is 14.8. The first-order valence-corrected chi connectivity index (χ1v) is 9.29. The Labute approximate surface area is 148 Å². The molecule has 9 heteroatoms. The number of hydrogen-bond donors (Lipinski definition) is 1. The van der Waals surface area contributed by atoms with Crippen LogP contribution in [0.5, 0.6) is 0 Å². The van der Waals surface area contributed by atoms with Gasteiger partial charge in [0.2, 0.25) is 0 Å². The maximum Gasteiger partial charge on any atom is 0.338 e. The number of carbonyl (C=O) groups is 2. The molecule has 0 aliphatic heterocycles. The van der Waals surface area contributed by atoms with Gasteiger partial charge in [-0.05, 0) is 37.1 Å². The molecule has 140 valence electrons. The van der Waals surface area contributed by atoms with Gasteiger partial charge in [0.1, 0.15) is 0 Å². The van der Waals surface area contributed by atoms with Crippen molar-refractivity contribution in [2.45, 2.75) is 37.6 Å². The topological polar surface area (TPSA) is 102 Å². The highest BCUT2D eigenvalue weighted by Crippen LogP contribution is 2.15. The van der Waals surface area contributed by atoms with Crippen molar-refractivity contribution in [1.82, 2.24) is 9.79 Å². The summed E-state index contributed by atoms with van der Waals surface area (Å²) in [5, 5.41) is 2.76. The summed E-state index contributed by atoms with van der Waals surface area (Å²) < 4.78 is 29.8. The van der Waals surface area contributed by atoms with Gasteiger partial charge in [0, 0.05) is 13.1 Å². The van der Waals surface area contributed by atoms with Crippen molar-refractivity contribution in [3.05, 3.63) is 29.8 Å². The number of hydrogen-bond acceptors (Lipinski definition) is 6. The van der Waals surface area contributed by atoms with Crippen LogP contribution in [0.4, 0.5) is 0 Å². The first kappa shape index (κ1) is 21.1. The molecule has 0 saturated carbocycles. The lowest BCUT2D eigenvalue weighted by atomic mass is 10.2. The Hall–Kier alpha value is -1.97. The molecule has 1 aromatic carbocycles. The second kappa shape index (κ2) is 9.50. The number of rotatable bonds is 9. The summed E-state index contributed by atoms with van der Waals surface area (Å²) in [5.74, 6) is -1.08. The zero-order chi connectivity index (χ0) is 19.0. The van der Waals surface area contributed by atoms with Gasteiger partial charge in [0.15, 0.2) is 6.61 Å². The van der Waals surface area contributed by atoms with Crippen LogP contribution >= 0.6 is 0 Å². The molecule has 1 aromatic rings. The average Bonchev–Trinajstić information content (AvgIpc) is 2.63. The summed E-state index contributed by atoms with van der Waals surface area (Å²) in [6, 6.07) is 5.22. The lowest BCUT2D eigenvalue weighted by Crippen LogP contribution is -2.36. The van der Waals surface area contributed by atoms with Crippen molar-refractivity contribution in [1.29, 1.82) is 0 Å². The molecule has 0 aliphatic rings. The third-order valence-corrected chi connectivity index (χ3v) is 5.36. The zero-order valence-corrected chi connectivity index (χ0v) is 15.6. The second-order valence-electron chi connectivity index (χ2n) is 5.28. The highest BCUT2D eigenvalue weighted by Gasteiger charge is 2.21. The minimum absolute atomic E-state index is 0.0279. The number of ether oxygens (including phenoxy) is 1. The van der Waals surface area contributed by atoms with Gasteiger partial charge in [-0.1, -0.05) is 18.3 Å². The second-order valence-corrected chi connectivity index (χ2v) is 7.21. The number of hydroxylamine groups is 1. The quantitative estimate of drug-likeness (QED) is 0.518. The van der Waals surface area contributed by atoms with E-state index in [4.69, 9.17) is 4.74 Å². The molecule has 0 spiro atoms. The third kappa shape index (κ3) is 5.80. The van der Waals surface area contributed by atoms with Crippen LogP contribution < -0.4 is 5.32 Å². The molecule has 1 N–H and O–H groups in total. The van der Waals surface area contributed by atoms with Crippen molar-refractivity contribution in [3.63, 3.8) is 0 Å². The van der Waals surface area contributed by atoms with Gasteiger partial charge in [0.05, 0.1) is 17.6 Å². The van der Waals surface area contributed by atoms with E-state index in [-0.39, 0.29) is 29.0 Å². The summed E-state index contributed by atoms with van der Waals surface area (Å²) in [4.78, 5) is 28.3. The Morgan fingerprint density at radius 3 is 2.20 bits per heavy atom. The van der Waals surface area contributed by atoms with E-state index in [0.29, 0.717) is 4.47 Å². The summed E-state index contributed by atoms with van der Waals surface area (Å²) in [6.45, 7) is 3.52. The van der Waals surface area contributed by atoms with Crippen molar-refractivity contribution in [2.24, 2.45) is 0 Å². The van der Waals surface area contributed by atoms with E-state index >= 15 is 0 Å². The lowest BCUT2D eigenvalue weighted by Gasteiger charge is -2.15. The summed E-state index contributed by atoms with van der Waals surface area (Å²) >= 11 is 0. The van der Waals surface area contributed by atoms with E-state index in [9.17, 15) is 18.0 Å². The molecule has 0 atom stereocenters. The van der Waals surface area contributed by atoms with E-state index in [0.717, 1.165) is 12.8 Å². The van der Waals surface area contributed by atoms with Crippen molar-refractivity contribution >= 4 is 21.9 Å². The maximum atomic E-state index is 12.1. The molecule has 8 nitrogen and oxygen atoms in total. The van der Waals surface area contributed by atoms with Crippen molar-refractivity contribution in [2.75, 3.05) is 20.8 Å². The van der Waals surface area contributed by atoms with Crippen LogP contribution in [0.25, 0.3) is 0 Å². The Bertz CT molecular complexity index is 683. The Morgan fingerprint density at radius 2 is 1.72 bits per heavy atom. The molecule has 0 fully saturated rings. The van der Waals surface area contributed by atoms with Gasteiger partial charge in [-0.25, -0.2) is 13.2 Å². The van der Waals surface area contributed by atoms with Gasteiger partial charge in [-0.2, -0.15) is 0 Å². The highest BCUT2D eigenvalue weighted by molar-refractivity contribution is 7.89. The average molecular weight is 372 g/mol. The third-order valence-electron chi connectivity index (χ3n) is 3.67. The van der Waals surface area contributed by atoms with Crippen molar-refractivity contribution < 1.29 is 27.6 Å². The first-order chi connectivity index (χ1) is 11.8. The van der Waals surface area contributed by atoms with Crippen LogP contribution in [-0.4, -0.2) is 51.6 Å². The van der Waals surface area contributed by atoms with E-state index in [2.05, 4.69) is 10.2 Å². The van der Waals surface area contributed by atoms with Crippen LogP contribution in [0.3, 0.4) is 0 Å². The lowest BCUT2D eigenvalue weighted by molar-refractivity contribution is -0.125. The fourth-order valence-corrected chi connectivity index (χ4v) is 2.96. The van der Waals surface area contributed by atoms with E-state index in [1.54, 1.807) is 0 Å². The molecule has 0 saturated heterocycles. The number of esters is 1. The number of nitrogens with zero attached hydrogens (tertiary/aromatic N) is 1. The van der Waals surface area contributed by atoms with Crippen LogP contribution in [0.1, 0.15) is 37.0 Å². The molecular formula is C16H24N2O6S. The molecule has 0 unspecified atom stereocenters. The highest BCUT2D eigenvalue weighted by atomic mass is 32.2. The molecule has 0 radical (unpaired) electrons. The number of amides is 1. The normalized spacial score (nSPS) is 11.6. The predicted octanol–water partition coefficient (Wildman–Crippen LogP) is 1.33. The molecule has 0 heterocycles. The molecule has 0 aliphatic carbocycles. The van der Waals surface area contributed by atoms with Crippen LogP contribution in [0, 0.1) is 0 Å². The molecule has 1 rings (SSSR count). The Kier molecular flexibility index (Phi) is 8.01.